The van der Waals surface area contributed by atoms with Crippen LogP contribution < -0.4 is 0 Å². The Labute approximate surface area is 105 Å². The minimum absolute atomic E-state index is 0.233. The average molecular weight is 289 g/mol. The largest absolute Gasteiger partial charge is 0.392 e. The van der Waals surface area contributed by atoms with Gasteiger partial charge in [0.2, 0.25) is 0 Å². The van der Waals surface area contributed by atoms with E-state index in [0.717, 1.165) is 10.0 Å². The Bertz CT molecular complexity index is 352. The van der Waals surface area contributed by atoms with Crippen LogP contribution in [0.2, 0.25) is 0 Å². The van der Waals surface area contributed by atoms with Crippen molar-refractivity contribution in [2.24, 2.45) is 11.8 Å². The van der Waals surface area contributed by atoms with E-state index in [1.165, 1.54) is 12.1 Å². The molecule has 1 rings (SSSR count). The highest BCUT2D eigenvalue weighted by Crippen LogP contribution is 2.23. The maximum Gasteiger partial charge on any atom is 0.124 e. The van der Waals surface area contributed by atoms with Gasteiger partial charge in [-0.25, -0.2) is 4.39 Å². The van der Waals surface area contributed by atoms with Gasteiger partial charge in [-0.3, -0.25) is 0 Å². The van der Waals surface area contributed by atoms with Gasteiger partial charge in [-0.15, -0.1) is 0 Å². The summed E-state index contributed by atoms with van der Waals surface area (Å²) in [5.41, 5.74) is 0.946. The van der Waals surface area contributed by atoms with E-state index in [9.17, 15) is 9.50 Å². The molecule has 0 aliphatic carbocycles. The summed E-state index contributed by atoms with van der Waals surface area (Å²) < 4.78 is 13.6. The molecule has 0 amide bonds. The van der Waals surface area contributed by atoms with Gasteiger partial charge in [0.25, 0.3) is 0 Å². The number of rotatable bonds is 4. The summed E-state index contributed by atoms with van der Waals surface area (Å²) in [5.74, 6) is 0.410. The second kappa shape index (κ2) is 5.78. The van der Waals surface area contributed by atoms with Gasteiger partial charge in [-0.1, -0.05) is 42.8 Å². The molecule has 0 aliphatic rings. The van der Waals surface area contributed by atoms with Crippen molar-refractivity contribution in [3.63, 3.8) is 0 Å². The predicted octanol–water partition coefficient (Wildman–Crippen LogP) is 3.78. The van der Waals surface area contributed by atoms with Crippen LogP contribution >= 0.6 is 15.9 Å². The van der Waals surface area contributed by atoms with E-state index in [4.69, 9.17) is 0 Å². The number of hydrogen-bond acceptors (Lipinski definition) is 1. The monoisotopic (exact) mass is 288 g/mol. The fourth-order valence-electron chi connectivity index (χ4n) is 1.54. The first-order chi connectivity index (χ1) is 7.41. The second-order valence-electron chi connectivity index (χ2n) is 4.61. The van der Waals surface area contributed by atoms with Gasteiger partial charge in [0.1, 0.15) is 5.82 Å². The highest BCUT2D eigenvalue weighted by Gasteiger charge is 2.18. The molecule has 0 saturated carbocycles. The fraction of sp³-hybridized carbons (Fsp3) is 0.538. The molecule has 2 atom stereocenters. The standard InChI is InChI=1S/C13H18BrFO/c1-8(2)9(3)13(16)6-10-4-5-11(15)7-12(10)14/h4-5,7-9,13,16H,6H2,1-3H3. The Hall–Kier alpha value is -0.410. The van der Waals surface area contributed by atoms with Crippen molar-refractivity contribution in [1.82, 2.24) is 0 Å². The molecular formula is C13H18BrFO. The highest BCUT2D eigenvalue weighted by molar-refractivity contribution is 9.10. The van der Waals surface area contributed by atoms with E-state index < -0.39 is 0 Å². The van der Waals surface area contributed by atoms with Gasteiger partial charge in [0, 0.05) is 4.47 Å². The summed E-state index contributed by atoms with van der Waals surface area (Å²) >= 11 is 3.31. The van der Waals surface area contributed by atoms with Crippen LogP contribution in [0.1, 0.15) is 26.3 Å². The van der Waals surface area contributed by atoms with Crippen molar-refractivity contribution in [1.29, 1.82) is 0 Å². The zero-order chi connectivity index (χ0) is 12.3. The number of benzene rings is 1. The molecular weight excluding hydrogens is 271 g/mol. The second-order valence-corrected chi connectivity index (χ2v) is 5.46. The van der Waals surface area contributed by atoms with E-state index in [0.29, 0.717) is 12.3 Å². The van der Waals surface area contributed by atoms with Gasteiger partial charge in [-0.05, 0) is 36.0 Å². The molecule has 0 aliphatic heterocycles. The lowest BCUT2D eigenvalue weighted by Crippen LogP contribution is -2.24. The zero-order valence-electron chi connectivity index (χ0n) is 9.87. The first kappa shape index (κ1) is 13.7. The van der Waals surface area contributed by atoms with Crippen LogP contribution in [0, 0.1) is 17.7 Å². The molecule has 0 radical (unpaired) electrons. The zero-order valence-corrected chi connectivity index (χ0v) is 11.5. The number of aliphatic hydroxyl groups excluding tert-OH is 1. The molecule has 0 spiro atoms. The lowest BCUT2D eigenvalue weighted by Gasteiger charge is -2.22. The van der Waals surface area contributed by atoms with Crippen molar-refractivity contribution in [3.05, 3.63) is 34.1 Å². The van der Waals surface area contributed by atoms with Crippen LogP contribution in [0.15, 0.2) is 22.7 Å². The fourth-order valence-corrected chi connectivity index (χ4v) is 2.06. The van der Waals surface area contributed by atoms with Crippen LogP contribution in [0.5, 0.6) is 0 Å². The Morgan fingerprint density at radius 3 is 2.44 bits per heavy atom. The lowest BCUT2D eigenvalue weighted by atomic mass is 9.89. The SMILES string of the molecule is CC(C)C(C)C(O)Cc1ccc(F)cc1Br. The lowest BCUT2D eigenvalue weighted by molar-refractivity contribution is 0.0920. The van der Waals surface area contributed by atoms with Crippen LogP contribution in [0.25, 0.3) is 0 Å². The van der Waals surface area contributed by atoms with E-state index in [-0.39, 0.29) is 17.8 Å². The highest BCUT2D eigenvalue weighted by atomic mass is 79.9. The molecule has 1 aromatic carbocycles. The number of aliphatic hydroxyl groups is 1. The summed E-state index contributed by atoms with van der Waals surface area (Å²) in [6.45, 7) is 6.22. The molecule has 2 unspecified atom stereocenters. The third-order valence-electron chi connectivity index (χ3n) is 3.10. The first-order valence-electron chi connectivity index (χ1n) is 5.53. The van der Waals surface area contributed by atoms with Crippen LogP contribution in [-0.2, 0) is 6.42 Å². The Balaban J connectivity index is 2.73. The quantitative estimate of drug-likeness (QED) is 0.894. The Morgan fingerprint density at radius 2 is 1.94 bits per heavy atom. The summed E-state index contributed by atoms with van der Waals surface area (Å²) in [7, 11) is 0. The minimum Gasteiger partial charge on any atom is -0.392 e. The molecule has 0 saturated heterocycles. The Kier molecular flexibility index (Phi) is 4.93. The van der Waals surface area contributed by atoms with Crippen LogP contribution in [0.4, 0.5) is 4.39 Å². The first-order valence-corrected chi connectivity index (χ1v) is 6.33. The van der Waals surface area contributed by atoms with Gasteiger partial charge >= 0.3 is 0 Å². The van der Waals surface area contributed by atoms with E-state index in [2.05, 4.69) is 29.8 Å². The maximum atomic E-state index is 12.9. The van der Waals surface area contributed by atoms with Gasteiger partial charge in [0.15, 0.2) is 0 Å². The molecule has 0 bridgehead atoms. The minimum atomic E-state index is -0.387. The summed E-state index contributed by atoms with van der Waals surface area (Å²) in [6.07, 6.45) is 0.169. The topological polar surface area (TPSA) is 20.2 Å². The maximum absolute atomic E-state index is 12.9. The predicted molar refractivity (Wildman–Crippen MR) is 67.8 cm³/mol. The average Bonchev–Trinajstić information content (AvgIpc) is 2.20. The van der Waals surface area contributed by atoms with Crippen molar-refractivity contribution >= 4 is 15.9 Å². The van der Waals surface area contributed by atoms with Crippen molar-refractivity contribution in [2.75, 3.05) is 0 Å². The van der Waals surface area contributed by atoms with Gasteiger partial charge in [0.05, 0.1) is 6.10 Å². The summed E-state index contributed by atoms with van der Waals surface area (Å²) in [6, 6.07) is 4.57. The van der Waals surface area contributed by atoms with Gasteiger partial charge < -0.3 is 5.11 Å². The molecule has 0 aromatic heterocycles. The van der Waals surface area contributed by atoms with E-state index in [1.54, 1.807) is 6.07 Å². The molecule has 1 aromatic rings. The van der Waals surface area contributed by atoms with Crippen molar-refractivity contribution < 1.29 is 9.50 Å². The normalized spacial score (nSPS) is 15.2. The van der Waals surface area contributed by atoms with E-state index in [1.807, 2.05) is 6.92 Å². The molecule has 0 heterocycles. The van der Waals surface area contributed by atoms with Crippen molar-refractivity contribution in [3.8, 4) is 0 Å². The Morgan fingerprint density at radius 1 is 1.31 bits per heavy atom. The van der Waals surface area contributed by atoms with Gasteiger partial charge in [-0.2, -0.15) is 0 Å². The summed E-state index contributed by atoms with van der Waals surface area (Å²) in [4.78, 5) is 0. The molecule has 1 nitrogen and oxygen atoms in total. The van der Waals surface area contributed by atoms with Crippen LogP contribution in [0.3, 0.4) is 0 Å². The molecule has 90 valence electrons. The van der Waals surface area contributed by atoms with E-state index >= 15 is 0 Å². The summed E-state index contributed by atoms with van der Waals surface area (Å²) in [5, 5.41) is 10.0. The molecule has 0 fully saturated rings. The third-order valence-corrected chi connectivity index (χ3v) is 3.84. The number of halogens is 2. The molecule has 16 heavy (non-hydrogen) atoms. The smallest absolute Gasteiger partial charge is 0.124 e. The third kappa shape index (κ3) is 3.56. The number of hydrogen-bond donors (Lipinski definition) is 1. The molecule has 3 heteroatoms. The van der Waals surface area contributed by atoms with Crippen LogP contribution in [-0.4, -0.2) is 11.2 Å². The molecule has 1 N–H and O–H groups in total. The van der Waals surface area contributed by atoms with Crippen molar-refractivity contribution in [2.45, 2.75) is 33.3 Å².